The Kier molecular flexibility index (Phi) is 3.13. The number of hydrogen-bond donors (Lipinski definition) is 0. The monoisotopic (exact) mass is 242 g/mol. The van der Waals surface area contributed by atoms with Crippen molar-refractivity contribution in [2.45, 2.75) is 24.8 Å². The summed E-state index contributed by atoms with van der Waals surface area (Å²) in [6.45, 7) is 3.37. The zero-order valence-electron chi connectivity index (χ0n) is 7.67. The fourth-order valence-corrected chi connectivity index (χ4v) is 1.78. The first-order valence-corrected chi connectivity index (χ1v) is 5.54. The van der Waals surface area contributed by atoms with Gasteiger partial charge < -0.3 is 4.18 Å². The topological polar surface area (TPSA) is 43.4 Å². The van der Waals surface area contributed by atoms with E-state index in [1.165, 1.54) is 6.08 Å². The molecule has 86 valence electrons. The van der Waals surface area contributed by atoms with Crippen molar-refractivity contribution < 1.29 is 25.8 Å². The molecule has 0 saturated heterocycles. The van der Waals surface area contributed by atoms with Crippen LogP contribution in [-0.2, 0) is 14.3 Å². The van der Waals surface area contributed by atoms with E-state index >= 15 is 0 Å². The average Bonchev–Trinajstić information content (AvgIpc) is 2.48. The third-order valence-corrected chi connectivity index (χ3v) is 2.94. The maximum atomic E-state index is 12.0. The molecule has 0 aromatic heterocycles. The van der Waals surface area contributed by atoms with Gasteiger partial charge >= 0.3 is 15.6 Å². The van der Waals surface area contributed by atoms with Crippen LogP contribution in [0, 0.1) is 0 Å². The van der Waals surface area contributed by atoms with Crippen LogP contribution in [0.4, 0.5) is 13.2 Å². The summed E-state index contributed by atoms with van der Waals surface area (Å²) in [6.07, 6.45) is 2.57. The Morgan fingerprint density at radius 3 is 2.40 bits per heavy atom. The van der Waals surface area contributed by atoms with Gasteiger partial charge in [0.15, 0.2) is 0 Å². The summed E-state index contributed by atoms with van der Waals surface area (Å²) in [5.74, 6) is -0.151. The van der Waals surface area contributed by atoms with Gasteiger partial charge in [-0.05, 0) is 18.4 Å². The normalized spacial score (nSPS) is 18.1. The molecule has 0 N–H and O–H groups in total. The van der Waals surface area contributed by atoms with Gasteiger partial charge in [0.2, 0.25) is 0 Å². The average molecular weight is 242 g/mol. The largest absolute Gasteiger partial charge is 0.534 e. The predicted molar refractivity (Wildman–Crippen MR) is 47.1 cm³/mol. The van der Waals surface area contributed by atoms with Crippen molar-refractivity contribution >= 4 is 10.1 Å². The first-order valence-electron chi connectivity index (χ1n) is 4.13. The molecule has 0 radical (unpaired) electrons. The standard InChI is InChI=1S/C8H9F3O3S/c1-2-6-4-3-5-7(6)14-15(12,13)8(9,10)11/h2H,1,3-5H2. The van der Waals surface area contributed by atoms with Crippen LogP contribution < -0.4 is 0 Å². The second-order valence-electron chi connectivity index (χ2n) is 2.99. The van der Waals surface area contributed by atoms with E-state index < -0.39 is 15.6 Å². The van der Waals surface area contributed by atoms with Crippen molar-refractivity contribution in [1.82, 2.24) is 0 Å². The van der Waals surface area contributed by atoms with E-state index in [9.17, 15) is 21.6 Å². The molecule has 0 unspecified atom stereocenters. The molecule has 0 fully saturated rings. The lowest BCUT2D eigenvalue weighted by molar-refractivity contribution is -0.0523. The smallest absolute Gasteiger partial charge is 0.380 e. The van der Waals surface area contributed by atoms with Crippen LogP contribution in [0.2, 0.25) is 0 Å². The third kappa shape index (κ3) is 2.53. The highest BCUT2D eigenvalue weighted by Crippen LogP contribution is 2.33. The Bertz CT molecular complexity index is 392. The van der Waals surface area contributed by atoms with Gasteiger partial charge in [-0.25, -0.2) is 0 Å². The minimum atomic E-state index is -5.53. The van der Waals surface area contributed by atoms with Crippen LogP contribution in [-0.4, -0.2) is 13.9 Å². The van der Waals surface area contributed by atoms with Crippen LogP contribution in [0.3, 0.4) is 0 Å². The van der Waals surface area contributed by atoms with Crippen molar-refractivity contribution in [2.75, 3.05) is 0 Å². The lowest BCUT2D eigenvalue weighted by Crippen LogP contribution is -2.25. The van der Waals surface area contributed by atoms with Crippen molar-refractivity contribution in [2.24, 2.45) is 0 Å². The summed E-state index contributed by atoms with van der Waals surface area (Å²) in [6, 6.07) is 0. The summed E-state index contributed by atoms with van der Waals surface area (Å²) in [7, 11) is -5.53. The Labute approximate surface area is 85.4 Å². The molecular weight excluding hydrogens is 233 g/mol. The summed E-state index contributed by atoms with van der Waals surface area (Å²) in [5, 5.41) is 0. The van der Waals surface area contributed by atoms with Crippen LogP contribution in [0.15, 0.2) is 24.0 Å². The molecule has 0 bridgehead atoms. The molecule has 0 heterocycles. The Balaban J connectivity index is 2.92. The number of allylic oxidation sites excluding steroid dienone is 3. The summed E-state index contributed by atoms with van der Waals surface area (Å²) < 4.78 is 61.2. The van der Waals surface area contributed by atoms with Crippen molar-refractivity contribution in [3.8, 4) is 0 Å². The van der Waals surface area contributed by atoms with E-state index in [1.54, 1.807) is 0 Å². The highest BCUT2D eigenvalue weighted by atomic mass is 32.2. The van der Waals surface area contributed by atoms with Crippen molar-refractivity contribution in [3.63, 3.8) is 0 Å². The van der Waals surface area contributed by atoms with Gasteiger partial charge in [0.05, 0.1) is 0 Å². The Hall–Kier alpha value is -0.980. The SMILES string of the molecule is C=CC1=C(OS(=O)(=O)C(F)(F)F)CCC1. The van der Waals surface area contributed by atoms with E-state index in [0.717, 1.165) is 0 Å². The first kappa shape index (κ1) is 12.1. The number of alkyl halides is 3. The predicted octanol–water partition coefficient (Wildman–Crippen LogP) is 2.48. The summed E-state index contributed by atoms with van der Waals surface area (Å²) in [5.41, 5.74) is -4.96. The van der Waals surface area contributed by atoms with Crippen molar-refractivity contribution in [3.05, 3.63) is 24.0 Å². The van der Waals surface area contributed by atoms with Gasteiger partial charge in [-0.15, -0.1) is 0 Å². The van der Waals surface area contributed by atoms with E-state index in [4.69, 9.17) is 0 Å². The van der Waals surface area contributed by atoms with Crippen LogP contribution >= 0.6 is 0 Å². The van der Waals surface area contributed by atoms with Crippen LogP contribution in [0.5, 0.6) is 0 Å². The molecule has 15 heavy (non-hydrogen) atoms. The highest BCUT2D eigenvalue weighted by Gasteiger charge is 2.49. The maximum absolute atomic E-state index is 12.0. The minimum absolute atomic E-state index is 0.151. The zero-order chi connectivity index (χ0) is 11.7. The molecule has 1 aliphatic carbocycles. The summed E-state index contributed by atoms with van der Waals surface area (Å²) in [4.78, 5) is 0. The van der Waals surface area contributed by atoms with Crippen LogP contribution in [0.1, 0.15) is 19.3 Å². The number of halogens is 3. The van der Waals surface area contributed by atoms with Gasteiger partial charge in [0.1, 0.15) is 5.76 Å². The summed E-state index contributed by atoms with van der Waals surface area (Å²) >= 11 is 0. The molecule has 3 nitrogen and oxygen atoms in total. The lowest BCUT2D eigenvalue weighted by Gasteiger charge is -2.10. The molecule has 0 atom stereocenters. The van der Waals surface area contributed by atoms with Crippen LogP contribution in [0.25, 0.3) is 0 Å². The lowest BCUT2D eigenvalue weighted by atomic mass is 10.2. The number of rotatable bonds is 3. The molecule has 0 aromatic carbocycles. The van der Waals surface area contributed by atoms with Gasteiger partial charge in [-0.3, -0.25) is 0 Å². The van der Waals surface area contributed by atoms with E-state index in [1.807, 2.05) is 0 Å². The molecule has 0 aromatic rings. The third-order valence-electron chi connectivity index (χ3n) is 1.95. The molecule has 1 aliphatic rings. The van der Waals surface area contributed by atoms with E-state index in [0.29, 0.717) is 18.4 Å². The minimum Gasteiger partial charge on any atom is -0.380 e. The van der Waals surface area contributed by atoms with E-state index in [2.05, 4.69) is 10.8 Å². The van der Waals surface area contributed by atoms with Gasteiger partial charge in [0, 0.05) is 6.42 Å². The maximum Gasteiger partial charge on any atom is 0.534 e. The molecule has 0 amide bonds. The molecule has 1 rings (SSSR count). The zero-order valence-corrected chi connectivity index (χ0v) is 8.49. The highest BCUT2D eigenvalue weighted by molar-refractivity contribution is 7.87. The molecule has 0 spiro atoms. The fraction of sp³-hybridized carbons (Fsp3) is 0.500. The number of hydrogen-bond acceptors (Lipinski definition) is 3. The second kappa shape index (κ2) is 3.88. The van der Waals surface area contributed by atoms with Gasteiger partial charge in [-0.2, -0.15) is 21.6 Å². The molecular formula is C8H9F3O3S. The molecule has 7 heteroatoms. The first-order chi connectivity index (χ1) is 6.78. The second-order valence-corrected chi connectivity index (χ2v) is 4.53. The van der Waals surface area contributed by atoms with Gasteiger partial charge in [0.25, 0.3) is 0 Å². The molecule has 0 saturated carbocycles. The fourth-order valence-electron chi connectivity index (χ4n) is 1.23. The Morgan fingerprint density at radius 1 is 1.33 bits per heavy atom. The van der Waals surface area contributed by atoms with Gasteiger partial charge in [-0.1, -0.05) is 12.7 Å². The van der Waals surface area contributed by atoms with Crippen molar-refractivity contribution in [1.29, 1.82) is 0 Å². The van der Waals surface area contributed by atoms with E-state index in [-0.39, 0.29) is 12.2 Å². The molecule has 0 aliphatic heterocycles. The quantitative estimate of drug-likeness (QED) is 0.564. The Morgan fingerprint density at radius 2 is 1.93 bits per heavy atom.